The third-order valence-corrected chi connectivity index (χ3v) is 3.87. The molecule has 0 amide bonds. The van der Waals surface area contributed by atoms with Crippen molar-refractivity contribution in [2.45, 2.75) is 31.3 Å². The van der Waals surface area contributed by atoms with Crippen LogP contribution in [0, 0.1) is 0 Å². The Hall–Kier alpha value is 0.190. The monoisotopic (exact) mass is 148 g/mol. The molecule has 0 saturated heterocycles. The van der Waals surface area contributed by atoms with Crippen molar-refractivity contribution in [2.24, 2.45) is 0 Å². The second kappa shape index (κ2) is 2.43. The Morgan fingerprint density at radius 3 is 2.11 bits per heavy atom. The first-order valence-electron chi connectivity index (χ1n) is 3.40. The fourth-order valence-corrected chi connectivity index (χ4v) is 2.71. The molecule has 0 aromatic rings. The van der Waals surface area contributed by atoms with Crippen LogP contribution in [0.2, 0.25) is 0 Å². The molecule has 1 fully saturated rings. The molecule has 9 heavy (non-hydrogen) atoms. The summed E-state index contributed by atoms with van der Waals surface area (Å²) in [6.45, 7) is 1.48. The molecule has 1 unspecified atom stereocenters. The Labute approximate surface area is 55.7 Å². The summed E-state index contributed by atoms with van der Waals surface area (Å²) in [6, 6.07) is 0. The van der Waals surface area contributed by atoms with Gasteiger partial charge < -0.3 is 4.89 Å². The highest BCUT2D eigenvalue weighted by atomic mass is 31.2. The molecule has 0 heterocycles. The minimum atomic E-state index is -2.71. The van der Waals surface area contributed by atoms with Gasteiger partial charge in [0.05, 0.1) is 0 Å². The molecular weight excluding hydrogens is 135 g/mol. The highest BCUT2D eigenvalue weighted by Gasteiger charge is 2.28. The van der Waals surface area contributed by atoms with E-state index < -0.39 is 7.37 Å². The molecule has 1 aliphatic carbocycles. The molecule has 0 aliphatic heterocycles. The molecule has 54 valence electrons. The van der Waals surface area contributed by atoms with E-state index in [0.717, 1.165) is 25.7 Å². The molecule has 1 aliphatic rings. The molecule has 1 rings (SSSR count). The summed E-state index contributed by atoms with van der Waals surface area (Å²) in [5.41, 5.74) is 0.123. The first-order chi connectivity index (χ1) is 4.11. The van der Waals surface area contributed by atoms with Crippen molar-refractivity contribution >= 4 is 7.37 Å². The largest absolute Gasteiger partial charge is 0.344 e. The third kappa shape index (κ3) is 1.80. The van der Waals surface area contributed by atoms with Crippen LogP contribution in [0.5, 0.6) is 0 Å². The Balaban J connectivity index is 2.52. The first-order valence-corrected chi connectivity index (χ1v) is 5.58. The molecule has 1 atom stereocenters. The lowest BCUT2D eigenvalue weighted by Gasteiger charge is -2.11. The van der Waals surface area contributed by atoms with Crippen LogP contribution in [0.15, 0.2) is 0 Å². The van der Waals surface area contributed by atoms with E-state index in [2.05, 4.69) is 0 Å². The van der Waals surface area contributed by atoms with Gasteiger partial charge in [0.1, 0.15) is 0 Å². The van der Waals surface area contributed by atoms with Crippen molar-refractivity contribution in [1.82, 2.24) is 0 Å². The summed E-state index contributed by atoms with van der Waals surface area (Å²) in [5.74, 6) is 0. The van der Waals surface area contributed by atoms with Crippen molar-refractivity contribution in [1.29, 1.82) is 0 Å². The van der Waals surface area contributed by atoms with Gasteiger partial charge >= 0.3 is 0 Å². The zero-order valence-corrected chi connectivity index (χ0v) is 6.60. The first kappa shape index (κ1) is 7.30. The fourth-order valence-electron chi connectivity index (χ4n) is 1.38. The van der Waals surface area contributed by atoms with E-state index in [1.165, 1.54) is 6.66 Å². The normalized spacial score (nSPS) is 28.2. The molecule has 0 aromatic carbocycles. The van der Waals surface area contributed by atoms with Gasteiger partial charge in [-0.15, -0.1) is 0 Å². The molecule has 2 nitrogen and oxygen atoms in total. The van der Waals surface area contributed by atoms with Gasteiger partial charge in [-0.1, -0.05) is 12.8 Å². The Bertz CT molecular complexity index is 132. The van der Waals surface area contributed by atoms with Crippen molar-refractivity contribution in [2.75, 3.05) is 6.66 Å². The second-order valence-electron chi connectivity index (χ2n) is 2.88. The Morgan fingerprint density at radius 1 is 1.44 bits per heavy atom. The van der Waals surface area contributed by atoms with E-state index in [0.29, 0.717) is 0 Å². The maximum absolute atomic E-state index is 11.0. The van der Waals surface area contributed by atoms with Crippen molar-refractivity contribution in [3.05, 3.63) is 0 Å². The predicted molar refractivity (Wildman–Crippen MR) is 38.0 cm³/mol. The van der Waals surface area contributed by atoms with E-state index in [4.69, 9.17) is 4.89 Å². The Morgan fingerprint density at radius 2 is 1.89 bits per heavy atom. The van der Waals surface area contributed by atoms with Gasteiger partial charge in [0, 0.05) is 12.3 Å². The summed E-state index contributed by atoms with van der Waals surface area (Å²) < 4.78 is 11.0. The molecule has 3 heteroatoms. The molecule has 1 saturated carbocycles. The van der Waals surface area contributed by atoms with Crippen LogP contribution < -0.4 is 0 Å². The quantitative estimate of drug-likeness (QED) is 0.576. The van der Waals surface area contributed by atoms with Crippen molar-refractivity contribution < 1.29 is 9.46 Å². The summed E-state index contributed by atoms with van der Waals surface area (Å²) >= 11 is 0. The van der Waals surface area contributed by atoms with Crippen LogP contribution in [-0.4, -0.2) is 17.2 Å². The molecular formula is C6H13O2P. The number of hydrogen-bond acceptors (Lipinski definition) is 1. The van der Waals surface area contributed by atoms with Crippen LogP contribution in [0.3, 0.4) is 0 Å². The molecule has 0 aromatic heterocycles. The third-order valence-electron chi connectivity index (χ3n) is 2.00. The van der Waals surface area contributed by atoms with E-state index in [-0.39, 0.29) is 5.66 Å². The maximum atomic E-state index is 11.0. The Kier molecular flexibility index (Phi) is 1.97. The zero-order valence-electron chi connectivity index (χ0n) is 5.71. The lowest BCUT2D eigenvalue weighted by atomic mass is 10.4. The van der Waals surface area contributed by atoms with Crippen LogP contribution in [0.25, 0.3) is 0 Å². The van der Waals surface area contributed by atoms with Gasteiger partial charge in [-0.25, -0.2) is 0 Å². The molecule has 0 bridgehead atoms. The number of rotatable bonds is 1. The summed E-state index contributed by atoms with van der Waals surface area (Å²) in [5, 5.41) is 0. The maximum Gasteiger partial charge on any atom is 0.200 e. The zero-order chi connectivity index (χ0) is 6.91. The lowest BCUT2D eigenvalue weighted by Crippen LogP contribution is -1.99. The standard InChI is InChI=1S/C6H13O2P/c1-9(7,8)6-4-2-3-5-6/h6H,2-5H2,1H3,(H,7,8). The topological polar surface area (TPSA) is 37.3 Å². The highest BCUT2D eigenvalue weighted by molar-refractivity contribution is 7.57. The van der Waals surface area contributed by atoms with Gasteiger partial charge in [-0.3, -0.25) is 4.57 Å². The van der Waals surface area contributed by atoms with Gasteiger partial charge in [0.25, 0.3) is 0 Å². The van der Waals surface area contributed by atoms with Crippen LogP contribution in [-0.2, 0) is 4.57 Å². The second-order valence-corrected chi connectivity index (χ2v) is 5.50. The van der Waals surface area contributed by atoms with Crippen molar-refractivity contribution in [3.63, 3.8) is 0 Å². The van der Waals surface area contributed by atoms with Gasteiger partial charge in [0.2, 0.25) is 7.37 Å². The molecule has 1 N–H and O–H groups in total. The van der Waals surface area contributed by atoms with Crippen LogP contribution >= 0.6 is 7.37 Å². The molecule has 0 spiro atoms. The average molecular weight is 148 g/mol. The number of hydrogen-bond donors (Lipinski definition) is 1. The highest BCUT2D eigenvalue weighted by Crippen LogP contribution is 2.49. The summed E-state index contributed by atoms with van der Waals surface area (Å²) in [7, 11) is -2.71. The smallest absolute Gasteiger partial charge is 0.200 e. The van der Waals surface area contributed by atoms with Gasteiger partial charge in [-0.2, -0.15) is 0 Å². The van der Waals surface area contributed by atoms with Gasteiger partial charge in [0.15, 0.2) is 0 Å². The van der Waals surface area contributed by atoms with E-state index in [9.17, 15) is 4.57 Å². The molecule has 0 radical (unpaired) electrons. The summed E-state index contributed by atoms with van der Waals surface area (Å²) in [6.07, 6.45) is 4.21. The SMILES string of the molecule is CP(=O)(O)C1CCCC1. The van der Waals surface area contributed by atoms with E-state index in [1.807, 2.05) is 0 Å². The van der Waals surface area contributed by atoms with Crippen LogP contribution in [0.4, 0.5) is 0 Å². The minimum absolute atomic E-state index is 0.123. The minimum Gasteiger partial charge on any atom is -0.344 e. The van der Waals surface area contributed by atoms with E-state index >= 15 is 0 Å². The van der Waals surface area contributed by atoms with Crippen molar-refractivity contribution in [3.8, 4) is 0 Å². The average Bonchev–Trinajstić information content (AvgIpc) is 2.08. The van der Waals surface area contributed by atoms with Crippen LogP contribution in [0.1, 0.15) is 25.7 Å². The lowest BCUT2D eigenvalue weighted by molar-refractivity contribution is 0.469. The summed E-state index contributed by atoms with van der Waals surface area (Å²) in [4.78, 5) is 9.07. The van der Waals surface area contributed by atoms with E-state index in [1.54, 1.807) is 0 Å². The fraction of sp³-hybridized carbons (Fsp3) is 1.00. The van der Waals surface area contributed by atoms with Gasteiger partial charge in [-0.05, 0) is 12.8 Å². The predicted octanol–water partition coefficient (Wildman–Crippen LogP) is 1.83.